The minimum atomic E-state index is -0.946. The van der Waals surface area contributed by atoms with Crippen LogP contribution in [0.5, 0.6) is 0 Å². The molecule has 8 heteroatoms. The average Bonchev–Trinajstić information content (AvgIpc) is 3.18. The zero-order chi connectivity index (χ0) is 18.0. The van der Waals surface area contributed by atoms with Crippen LogP contribution in [0.1, 0.15) is 37.1 Å². The van der Waals surface area contributed by atoms with Crippen LogP contribution in [0.3, 0.4) is 0 Å². The molecule has 1 fully saturated rings. The lowest BCUT2D eigenvalue weighted by molar-refractivity contribution is -0.121. The number of halogens is 2. The molecule has 1 aromatic carbocycles. The summed E-state index contributed by atoms with van der Waals surface area (Å²) in [6, 6.07) is 3.08. The van der Waals surface area contributed by atoms with Gasteiger partial charge in [-0.05, 0) is 31.0 Å². The van der Waals surface area contributed by atoms with Crippen molar-refractivity contribution in [2.45, 2.75) is 32.2 Å². The molecule has 1 aromatic heterocycles. The molecular weight excluding hydrogens is 348 g/mol. The summed E-state index contributed by atoms with van der Waals surface area (Å²) in [6.45, 7) is 2.35. The van der Waals surface area contributed by atoms with E-state index >= 15 is 0 Å². The van der Waals surface area contributed by atoms with Gasteiger partial charge in [-0.25, -0.2) is 13.8 Å². The van der Waals surface area contributed by atoms with Crippen LogP contribution >= 0.6 is 11.3 Å². The topological polar surface area (TPSA) is 62.3 Å². The van der Waals surface area contributed by atoms with E-state index in [1.54, 1.807) is 17.2 Å². The summed E-state index contributed by atoms with van der Waals surface area (Å²) < 4.78 is 26.3. The zero-order valence-corrected chi connectivity index (χ0v) is 14.4. The van der Waals surface area contributed by atoms with Crippen LogP contribution < -0.4 is 10.2 Å². The number of aromatic nitrogens is 1. The predicted molar refractivity (Wildman–Crippen MR) is 90.3 cm³/mol. The Morgan fingerprint density at radius 1 is 1.40 bits per heavy atom. The Balaban J connectivity index is 1.59. The van der Waals surface area contributed by atoms with E-state index in [4.69, 9.17) is 0 Å². The fourth-order valence-corrected chi connectivity index (χ4v) is 3.54. The van der Waals surface area contributed by atoms with E-state index in [0.29, 0.717) is 29.4 Å². The molecule has 0 radical (unpaired) electrons. The summed E-state index contributed by atoms with van der Waals surface area (Å²) >= 11 is 1.33. The van der Waals surface area contributed by atoms with Gasteiger partial charge in [-0.1, -0.05) is 6.07 Å². The molecule has 25 heavy (non-hydrogen) atoms. The summed E-state index contributed by atoms with van der Waals surface area (Å²) in [7, 11) is 0. The van der Waals surface area contributed by atoms with Crippen molar-refractivity contribution in [3.05, 3.63) is 46.5 Å². The summed E-state index contributed by atoms with van der Waals surface area (Å²) in [5.41, 5.74) is 1.06. The summed E-state index contributed by atoms with van der Waals surface area (Å²) in [5.74, 6) is -2.09. The van der Waals surface area contributed by atoms with Crippen LogP contribution in [-0.2, 0) is 16.0 Å². The molecule has 5 nitrogen and oxygen atoms in total. The Bertz CT molecular complexity index is 809. The van der Waals surface area contributed by atoms with Gasteiger partial charge in [0.15, 0.2) is 16.8 Å². The van der Waals surface area contributed by atoms with Gasteiger partial charge in [0.05, 0.1) is 18.2 Å². The lowest BCUT2D eigenvalue weighted by Crippen LogP contribution is -2.28. The third kappa shape index (κ3) is 4.01. The summed E-state index contributed by atoms with van der Waals surface area (Å²) in [4.78, 5) is 29.8. The molecule has 2 aromatic rings. The molecule has 2 heterocycles. The molecule has 0 spiro atoms. The highest BCUT2D eigenvalue weighted by atomic mass is 32.1. The van der Waals surface area contributed by atoms with E-state index in [-0.39, 0.29) is 18.2 Å². The van der Waals surface area contributed by atoms with Crippen LogP contribution in [0, 0.1) is 11.6 Å². The van der Waals surface area contributed by atoms with E-state index in [2.05, 4.69) is 10.3 Å². The maximum absolute atomic E-state index is 13.3. The summed E-state index contributed by atoms with van der Waals surface area (Å²) in [5, 5.41) is 5.10. The molecule has 0 bridgehead atoms. The van der Waals surface area contributed by atoms with Crippen LogP contribution in [0.25, 0.3) is 0 Å². The number of benzene rings is 1. The maximum atomic E-state index is 13.3. The second-order valence-corrected chi connectivity index (χ2v) is 6.75. The first-order valence-electron chi connectivity index (χ1n) is 7.93. The van der Waals surface area contributed by atoms with E-state index in [0.717, 1.165) is 18.6 Å². The minimum Gasteiger partial charge on any atom is -0.349 e. The second kappa shape index (κ2) is 7.26. The SMILES string of the molecule is CC(NC(=O)Cc1csc(N2CCCC2=O)n1)c1ccc(F)c(F)c1. The number of hydrogen-bond donors (Lipinski definition) is 1. The van der Waals surface area contributed by atoms with Gasteiger partial charge >= 0.3 is 0 Å². The number of thiazole rings is 1. The molecule has 1 aliphatic rings. The monoisotopic (exact) mass is 365 g/mol. The standard InChI is InChI=1S/C17H17F2N3O2S/c1-10(11-4-5-13(18)14(19)7-11)20-15(23)8-12-9-25-17(21-12)22-6-2-3-16(22)24/h4-5,7,9-10H,2-3,6,8H2,1H3,(H,20,23). The van der Waals surface area contributed by atoms with Crippen molar-refractivity contribution in [3.63, 3.8) is 0 Å². The molecule has 1 saturated heterocycles. The lowest BCUT2D eigenvalue weighted by atomic mass is 10.1. The number of carbonyl (C=O) groups excluding carboxylic acids is 2. The Kier molecular flexibility index (Phi) is 5.08. The number of carbonyl (C=O) groups is 2. The largest absolute Gasteiger partial charge is 0.349 e. The van der Waals surface area contributed by atoms with Gasteiger partial charge in [-0.2, -0.15) is 0 Å². The Morgan fingerprint density at radius 2 is 2.20 bits per heavy atom. The molecule has 3 rings (SSSR count). The van der Waals surface area contributed by atoms with E-state index in [1.165, 1.54) is 17.4 Å². The number of nitrogens with zero attached hydrogens (tertiary/aromatic N) is 2. The van der Waals surface area contributed by atoms with Gasteiger partial charge in [0.2, 0.25) is 11.8 Å². The number of anilines is 1. The highest BCUT2D eigenvalue weighted by Crippen LogP contribution is 2.25. The smallest absolute Gasteiger partial charge is 0.228 e. The first-order chi connectivity index (χ1) is 11.9. The lowest BCUT2D eigenvalue weighted by Gasteiger charge is -2.14. The van der Waals surface area contributed by atoms with Crippen LogP contribution in [0.2, 0.25) is 0 Å². The van der Waals surface area contributed by atoms with Gasteiger partial charge in [-0.15, -0.1) is 11.3 Å². The van der Waals surface area contributed by atoms with Crippen molar-refractivity contribution >= 4 is 28.3 Å². The highest BCUT2D eigenvalue weighted by Gasteiger charge is 2.24. The third-order valence-electron chi connectivity index (χ3n) is 4.01. The van der Waals surface area contributed by atoms with Crippen molar-refractivity contribution in [3.8, 4) is 0 Å². The van der Waals surface area contributed by atoms with Crippen molar-refractivity contribution in [2.24, 2.45) is 0 Å². The molecule has 1 aliphatic heterocycles. The van der Waals surface area contributed by atoms with Crippen molar-refractivity contribution < 1.29 is 18.4 Å². The number of amides is 2. The zero-order valence-electron chi connectivity index (χ0n) is 13.6. The average molecular weight is 365 g/mol. The number of hydrogen-bond acceptors (Lipinski definition) is 4. The normalized spacial score (nSPS) is 15.5. The molecule has 132 valence electrons. The van der Waals surface area contributed by atoms with E-state index < -0.39 is 17.7 Å². The van der Waals surface area contributed by atoms with Crippen LogP contribution in [-0.4, -0.2) is 23.3 Å². The van der Waals surface area contributed by atoms with Gasteiger partial charge < -0.3 is 5.32 Å². The fraction of sp³-hybridized carbons (Fsp3) is 0.353. The Morgan fingerprint density at radius 3 is 2.88 bits per heavy atom. The van der Waals surface area contributed by atoms with Crippen molar-refractivity contribution in [1.29, 1.82) is 0 Å². The van der Waals surface area contributed by atoms with Crippen LogP contribution in [0.15, 0.2) is 23.6 Å². The van der Waals surface area contributed by atoms with E-state index in [1.807, 2.05) is 0 Å². The Labute approximate surface area is 147 Å². The highest BCUT2D eigenvalue weighted by molar-refractivity contribution is 7.14. The molecule has 2 amide bonds. The Hall–Kier alpha value is -2.35. The van der Waals surface area contributed by atoms with Gasteiger partial charge in [0, 0.05) is 18.3 Å². The number of rotatable bonds is 5. The minimum absolute atomic E-state index is 0.0531. The quantitative estimate of drug-likeness (QED) is 0.886. The second-order valence-electron chi connectivity index (χ2n) is 5.91. The molecule has 1 unspecified atom stereocenters. The van der Waals surface area contributed by atoms with Crippen molar-refractivity contribution in [1.82, 2.24) is 10.3 Å². The first kappa shape index (κ1) is 17.5. The maximum Gasteiger partial charge on any atom is 0.228 e. The molecule has 0 aliphatic carbocycles. The van der Waals surface area contributed by atoms with Gasteiger partial charge in [0.25, 0.3) is 0 Å². The van der Waals surface area contributed by atoms with Crippen molar-refractivity contribution in [2.75, 3.05) is 11.4 Å². The third-order valence-corrected chi connectivity index (χ3v) is 4.92. The summed E-state index contributed by atoms with van der Waals surface area (Å²) in [6.07, 6.45) is 1.41. The number of nitrogens with one attached hydrogen (secondary N) is 1. The fourth-order valence-electron chi connectivity index (χ4n) is 2.67. The first-order valence-corrected chi connectivity index (χ1v) is 8.81. The van der Waals surface area contributed by atoms with Crippen LogP contribution in [0.4, 0.5) is 13.9 Å². The molecular formula is C17H17F2N3O2S. The van der Waals surface area contributed by atoms with E-state index in [9.17, 15) is 18.4 Å². The predicted octanol–water partition coefficient (Wildman–Crippen LogP) is 2.97. The van der Waals surface area contributed by atoms with Gasteiger partial charge in [-0.3, -0.25) is 14.5 Å². The molecule has 1 atom stereocenters. The van der Waals surface area contributed by atoms with Gasteiger partial charge in [0.1, 0.15) is 0 Å². The molecule has 1 N–H and O–H groups in total. The molecule has 0 saturated carbocycles.